The number of allylic oxidation sites excluding steroid dienone is 3. The zero-order valence-electron chi connectivity index (χ0n) is 18.4. The Balaban J connectivity index is 1.56. The highest BCUT2D eigenvalue weighted by molar-refractivity contribution is 5.75. The van der Waals surface area contributed by atoms with Gasteiger partial charge in [-0.15, -0.1) is 0 Å². The topological polar surface area (TPSA) is 61.1 Å². The van der Waals surface area contributed by atoms with E-state index in [0.29, 0.717) is 11.5 Å². The van der Waals surface area contributed by atoms with Crippen molar-refractivity contribution in [3.63, 3.8) is 0 Å². The van der Waals surface area contributed by atoms with Crippen molar-refractivity contribution in [1.82, 2.24) is 0 Å². The SMILES string of the molecule is C[C@]1(/C=C/c2ccc(C#N)cc2)CC[C@H]2C(=CC[C@@H]3[C@]2(C)CCC[C@@]3(C)C(=O)O)C1. The summed E-state index contributed by atoms with van der Waals surface area (Å²) in [5.41, 5.74) is 3.02. The number of hydrogen-bond donors (Lipinski definition) is 1. The first kappa shape index (κ1) is 20.9. The summed E-state index contributed by atoms with van der Waals surface area (Å²) in [4.78, 5) is 12.1. The van der Waals surface area contributed by atoms with E-state index in [4.69, 9.17) is 5.26 Å². The van der Waals surface area contributed by atoms with Crippen molar-refractivity contribution in [2.24, 2.45) is 28.1 Å². The Bertz CT molecular complexity index is 937. The smallest absolute Gasteiger partial charge is 0.309 e. The Labute approximate surface area is 180 Å². The second-order valence-corrected chi connectivity index (χ2v) is 10.6. The fourth-order valence-corrected chi connectivity index (χ4v) is 6.80. The quantitative estimate of drug-likeness (QED) is 0.578. The molecule has 4 rings (SSSR count). The number of benzene rings is 1. The Morgan fingerprint density at radius 2 is 1.90 bits per heavy atom. The van der Waals surface area contributed by atoms with E-state index in [9.17, 15) is 9.90 Å². The molecule has 3 heteroatoms. The third kappa shape index (κ3) is 3.41. The van der Waals surface area contributed by atoms with Gasteiger partial charge in [-0.25, -0.2) is 0 Å². The molecule has 158 valence electrons. The maximum Gasteiger partial charge on any atom is 0.309 e. The molecule has 0 aromatic heterocycles. The molecule has 0 amide bonds. The van der Waals surface area contributed by atoms with E-state index in [1.165, 1.54) is 0 Å². The normalized spacial score (nSPS) is 38.3. The molecule has 3 aliphatic carbocycles. The first-order valence-corrected chi connectivity index (χ1v) is 11.3. The van der Waals surface area contributed by atoms with E-state index >= 15 is 0 Å². The summed E-state index contributed by atoms with van der Waals surface area (Å²) in [5.74, 6) is 0.149. The molecule has 0 heterocycles. The van der Waals surface area contributed by atoms with Crippen LogP contribution in [0.25, 0.3) is 6.08 Å². The van der Waals surface area contributed by atoms with E-state index in [2.05, 4.69) is 38.1 Å². The number of nitrogens with zero attached hydrogens (tertiary/aromatic N) is 1. The first-order valence-electron chi connectivity index (χ1n) is 11.3. The fraction of sp³-hybridized carbons (Fsp3) is 0.556. The zero-order chi connectivity index (χ0) is 21.6. The Morgan fingerprint density at radius 1 is 1.17 bits per heavy atom. The molecule has 1 aromatic carbocycles. The Morgan fingerprint density at radius 3 is 2.57 bits per heavy atom. The Hall–Kier alpha value is -2.34. The summed E-state index contributed by atoms with van der Waals surface area (Å²) in [6.45, 7) is 6.72. The first-order chi connectivity index (χ1) is 14.2. The van der Waals surface area contributed by atoms with Crippen LogP contribution in [0.3, 0.4) is 0 Å². The second-order valence-electron chi connectivity index (χ2n) is 10.6. The highest BCUT2D eigenvalue weighted by atomic mass is 16.4. The molecule has 1 N–H and O–H groups in total. The van der Waals surface area contributed by atoms with Crippen LogP contribution < -0.4 is 0 Å². The maximum atomic E-state index is 12.1. The van der Waals surface area contributed by atoms with Gasteiger partial charge in [-0.05, 0) is 85.8 Å². The molecule has 1 aromatic rings. The van der Waals surface area contributed by atoms with E-state index in [-0.39, 0.29) is 16.7 Å². The molecular formula is C27H33NO2. The second kappa shape index (κ2) is 7.41. The van der Waals surface area contributed by atoms with Crippen LogP contribution >= 0.6 is 0 Å². The van der Waals surface area contributed by atoms with Gasteiger partial charge < -0.3 is 5.11 Å². The standard InChI is InChI=1S/C27H33NO2/c1-25(15-11-19-5-7-20(18-28)8-6-19)16-12-22-21(17-25)9-10-23-26(22,2)13-4-14-27(23,3)24(29)30/h5-9,11,15,22-23H,4,10,12-14,16-17H2,1-3H3,(H,29,30)/b15-11+/t22-,23+,25-,26+,27+/m0/s1. The lowest BCUT2D eigenvalue weighted by Crippen LogP contribution is -2.53. The average Bonchev–Trinajstić information content (AvgIpc) is 2.72. The number of rotatable bonds is 3. The third-order valence-electron chi connectivity index (χ3n) is 8.65. The monoisotopic (exact) mass is 403 g/mol. The lowest BCUT2D eigenvalue weighted by atomic mass is 9.45. The number of aliphatic carboxylic acids is 1. The summed E-state index contributed by atoms with van der Waals surface area (Å²) in [5, 5.41) is 19.0. The van der Waals surface area contributed by atoms with Gasteiger partial charge in [0.05, 0.1) is 17.0 Å². The van der Waals surface area contributed by atoms with E-state index < -0.39 is 11.4 Å². The Kier molecular flexibility index (Phi) is 5.17. The van der Waals surface area contributed by atoms with Crippen LogP contribution in [0.5, 0.6) is 0 Å². The summed E-state index contributed by atoms with van der Waals surface area (Å²) in [6.07, 6.45) is 14.2. The predicted octanol–water partition coefficient (Wildman–Crippen LogP) is 6.61. The number of fused-ring (bicyclic) bond motifs is 3. The van der Waals surface area contributed by atoms with Crippen molar-refractivity contribution in [1.29, 1.82) is 5.26 Å². The van der Waals surface area contributed by atoms with Gasteiger partial charge in [-0.1, -0.05) is 56.2 Å². The molecule has 0 unspecified atom stereocenters. The maximum absolute atomic E-state index is 12.1. The average molecular weight is 404 g/mol. The van der Waals surface area contributed by atoms with Crippen molar-refractivity contribution < 1.29 is 9.90 Å². The lowest BCUT2D eigenvalue weighted by Gasteiger charge is -2.58. The molecule has 5 atom stereocenters. The van der Waals surface area contributed by atoms with Crippen molar-refractivity contribution in [3.8, 4) is 6.07 Å². The largest absolute Gasteiger partial charge is 0.481 e. The molecule has 0 bridgehead atoms. The van der Waals surface area contributed by atoms with Crippen molar-refractivity contribution >= 4 is 12.0 Å². The highest BCUT2D eigenvalue weighted by Gasteiger charge is 2.58. The molecule has 0 aliphatic heterocycles. The molecule has 2 fully saturated rings. The van der Waals surface area contributed by atoms with Gasteiger partial charge in [0.25, 0.3) is 0 Å². The number of nitriles is 1. The van der Waals surface area contributed by atoms with Gasteiger partial charge in [0.15, 0.2) is 0 Å². The van der Waals surface area contributed by atoms with Crippen LogP contribution in [0.2, 0.25) is 0 Å². The van der Waals surface area contributed by atoms with E-state index in [1.807, 2.05) is 31.2 Å². The summed E-state index contributed by atoms with van der Waals surface area (Å²) < 4.78 is 0. The minimum Gasteiger partial charge on any atom is -0.481 e. The van der Waals surface area contributed by atoms with E-state index in [0.717, 1.165) is 50.5 Å². The minimum absolute atomic E-state index is 0.105. The van der Waals surface area contributed by atoms with E-state index in [1.54, 1.807) is 5.57 Å². The van der Waals surface area contributed by atoms with Crippen molar-refractivity contribution in [2.45, 2.75) is 65.7 Å². The van der Waals surface area contributed by atoms with Gasteiger partial charge in [0.2, 0.25) is 0 Å². The molecular weight excluding hydrogens is 370 g/mol. The lowest BCUT2D eigenvalue weighted by molar-refractivity contribution is -0.163. The van der Waals surface area contributed by atoms with Gasteiger partial charge in [-0.3, -0.25) is 4.79 Å². The number of carbonyl (C=O) groups is 1. The van der Waals surface area contributed by atoms with Crippen molar-refractivity contribution in [2.75, 3.05) is 0 Å². The molecule has 0 radical (unpaired) electrons. The third-order valence-corrected chi connectivity index (χ3v) is 8.65. The highest BCUT2D eigenvalue weighted by Crippen LogP contribution is 2.63. The van der Waals surface area contributed by atoms with Crippen LogP contribution in [-0.2, 0) is 4.79 Å². The van der Waals surface area contributed by atoms with Crippen molar-refractivity contribution in [3.05, 3.63) is 53.1 Å². The van der Waals surface area contributed by atoms with Crippen LogP contribution in [0.15, 0.2) is 42.0 Å². The number of carboxylic acids is 1. The van der Waals surface area contributed by atoms with Crippen LogP contribution in [0.1, 0.15) is 76.8 Å². The molecule has 3 nitrogen and oxygen atoms in total. The number of carboxylic acid groups (broad SMARTS) is 1. The molecule has 30 heavy (non-hydrogen) atoms. The zero-order valence-corrected chi connectivity index (χ0v) is 18.4. The van der Waals surface area contributed by atoms with Crippen LogP contribution in [0.4, 0.5) is 0 Å². The summed E-state index contributed by atoms with van der Waals surface area (Å²) in [7, 11) is 0. The molecule has 3 aliphatic rings. The molecule has 2 saturated carbocycles. The van der Waals surface area contributed by atoms with Gasteiger partial charge in [0.1, 0.15) is 0 Å². The molecule has 0 spiro atoms. The fourth-order valence-electron chi connectivity index (χ4n) is 6.80. The summed E-state index contributed by atoms with van der Waals surface area (Å²) >= 11 is 0. The van der Waals surface area contributed by atoms with Gasteiger partial charge in [-0.2, -0.15) is 5.26 Å². The van der Waals surface area contributed by atoms with Crippen LogP contribution in [-0.4, -0.2) is 11.1 Å². The number of hydrogen-bond acceptors (Lipinski definition) is 2. The minimum atomic E-state index is -0.610. The van der Waals surface area contributed by atoms with Gasteiger partial charge in [0, 0.05) is 0 Å². The van der Waals surface area contributed by atoms with Crippen LogP contribution in [0, 0.1) is 39.4 Å². The van der Waals surface area contributed by atoms with Gasteiger partial charge >= 0.3 is 5.97 Å². The summed E-state index contributed by atoms with van der Waals surface area (Å²) in [6, 6.07) is 9.91. The predicted molar refractivity (Wildman–Crippen MR) is 120 cm³/mol. The molecule has 0 saturated heterocycles.